The Kier molecular flexibility index (Phi) is 5.44. The van der Waals surface area contributed by atoms with Gasteiger partial charge in [-0.15, -0.1) is 0 Å². The van der Waals surface area contributed by atoms with Crippen molar-refractivity contribution in [3.63, 3.8) is 0 Å². The van der Waals surface area contributed by atoms with Gasteiger partial charge in [0.2, 0.25) is 0 Å². The first-order valence-corrected chi connectivity index (χ1v) is 7.22. The van der Waals surface area contributed by atoms with E-state index in [2.05, 4.69) is 16.7 Å². The number of hydrogen-bond donors (Lipinski definition) is 1. The zero-order chi connectivity index (χ0) is 13.5. The second kappa shape index (κ2) is 7.33. The fourth-order valence-electron chi connectivity index (χ4n) is 2.69. The molecule has 1 aliphatic heterocycles. The van der Waals surface area contributed by atoms with E-state index in [9.17, 15) is 5.11 Å². The number of nitrogens with zero attached hydrogens (tertiary/aromatic N) is 1. The number of likely N-dealkylation sites (tertiary alicyclic amines) is 1. The van der Waals surface area contributed by atoms with Crippen LogP contribution in [-0.4, -0.2) is 35.2 Å². The van der Waals surface area contributed by atoms with Crippen molar-refractivity contribution in [3.05, 3.63) is 35.9 Å². The molecule has 19 heavy (non-hydrogen) atoms. The van der Waals surface area contributed by atoms with Crippen LogP contribution in [0, 0.1) is 11.8 Å². The maximum absolute atomic E-state index is 9.56. The van der Waals surface area contributed by atoms with Crippen molar-refractivity contribution >= 4 is 0 Å². The Bertz CT molecular complexity index is 430. The van der Waals surface area contributed by atoms with Crippen molar-refractivity contribution in [2.45, 2.75) is 44.8 Å². The highest BCUT2D eigenvalue weighted by Crippen LogP contribution is 2.20. The van der Waals surface area contributed by atoms with Crippen molar-refractivity contribution in [1.82, 2.24) is 4.90 Å². The van der Waals surface area contributed by atoms with Crippen LogP contribution in [0.5, 0.6) is 0 Å². The minimum atomic E-state index is -0.215. The third-order valence-electron chi connectivity index (χ3n) is 3.65. The van der Waals surface area contributed by atoms with Gasteiger partial charge in [0, 0.05) is 11.6 Å². The molecular weight excluding hydrogens is 234 g/mol. The summed E-state index contributed by atoms with van der Waals surface area (Å²) in [4.78, 5) is 2.42. The molecule has 0 amide bonds. The molecule has 2 rings (SSSR count). The normalized spacial score (nSPS) is 21.5. The van der Waals surface area contributed by atoms with Crippen LogP contribution in [0.3, 0.4) is 0 Å². The SMILES string of the molecule is CC(O)CC1CCCCN1CC#Cc1ccccc1. The van der Waals surface area contributed by atoms with Gasteiger partial charge in [-0.05, 0) is 44.9 Å². The van der Waals surface area contributed by atoms with E-state index in [1.807, 2.05) is 37.3 Å². The van der Waals surface area contributed by atoms with Crippen molar-refractivity contribution in [1.29, 1.82) is 0 Å². The second-order valence-electron chi connectivity index (χ2n) is 5.37. The average Bonchev–Trinajstić information content (AvgIpc) is 2.41. The minimum absolute atomic E-state index is 0.215. The first kappa shape index (κ1) is 14.1. The van der Waals surface area contributed by atoms with Gasteiger partial charge in [0.1, 0.15) is 0 Å². The number of aliphatic hydroxyl groups excluding tert-OH is 1. The molecule has 1 fully saturated rings. The Balaban J connectivity index is 1.91. The van der Waals surface area contributed by atoms with E-state index in [1.165, 1.54) is 19.3 Å². The van der Waals surface area contributed by atoms with E-state index in [1.54, 1.807) is 0 Å². The lowest BCUT2D eigenvalue weighted by Crippen LogP contribution is -2.41. The van der Waals surface area contributed by atoms with E-state index in [-0.39, 0.29) is 6.10 Å². The van der Waals surface area contributed by atoms with Crippen molar-refractivity contribution in [2.24, 2.45) is 0 Å². The van der Waals surface area contributed by atoms with Gasteiger partial charge in [-0.1, -0.05) is 36.5 Å². The van der Waals surface area contributed by atoms with Crippen LogP contribution >= 0.6 is 0 Å². The summed E-state index contributed by atoms with van der Waals surface area (Å²) in [5.74, 6) is 6.48. The topological polar surface area (TPSA) is 23.5 Å². The molecular formula is C17H23NO. The summed E-state index contributed by atoms with van der Waals surface area (Å²) >= 11 is 0. The van der Waals surface area contributed by atoms with Crippen molar-refractivity contribution in [3.8, 4) is 11.8 Å². The Morgan fingerprint density at radius 1 is 1.32 bits per heavy atom. The standard InChI is InChI=1S/C17H23NO/c1-15(19)14-17-11-5-6-12-18(17)13-7-10-16-8-3-2-4-9-16/h2-4,8-9,15,17,19H,5-6,11-14H2,1H3. The smallest absolute Gasteiger partial charge is 0.0607 e. The number of hydrogen-bond acceptors (Lipinski definition) is 2. The molecule has 2 heteroatoms. The fraction of sp³-hybridized carbons (Fsp3) is 0.529. The molecule has 102 valence electrons. The summed E-state index contributed by atoms with van der Waals surface area (Å²) in [7, 11) is 0. The van der Waals surface area contributed by atoms with Crippen LogP contribution in [0.2, 0.25) is 0 Å². The highest BCUT2D eigenvalue weighted by molar-refractivity contribution is 5.33. The molecule has 1 N–H and O–H groups in total. The molecule has 0 aromatic heterocycles. The van der Waals surface area contributed by atoms with Crippen LogP contribution in [0.1, 0.15) is 38.2 Å². The molecule has 2 nitrogen and oxygen atoms in total. The van der Waals surface area contributed by atoms with E-state index in [0.717, 1.165) is 25.1 Å². The number of benzene rings is 1. The van der Waals surface area contributed by atoms with Gasteiger partial charge in [-0.25, -0.2) is 0 Å². The molecule has 1 aliphatic rings. The van der Waals surface area contributed by atoms with Crippen molar-refractivity contribution < 1.29 is 5.11 Å². The summed E-state index contributed by atoms with van der Waals surface area (Å²) in [5.41, 5.74) is 1.08. The predicted molar refractivity (Wildman–Crippen MR) is 78.8 cm³/mol. The van der Waals surface area contributed by atoms with E-state index >= 15 is 0 Å². The Morgan fingerprint density at radius 3 is 2.84 bits per heavy atom. The number of rotatable bonds is 3. The van der Waals surface area contributed by atoms with Crippen LogP contribution in [-0.2, 0) is 0 Å². The lowest BCUT2D eigenvalue weighted by molar-refractivity contribution is 0.0965. The monoisotopic (exact) mass is 257 g/mol. The van der Waals surface area contributed by atoms with Crippen molar-refractivity contribution in [2.75, 3.05) is 13.1 Å². The van der Waals surface area contributed by atoms with Crippen LogP contribution < -0.4 is 0 Å². The summed E-state index contributed by atoms with van der Waals surface area (Å²) in [5, 5.41) is 9.56. The average molecular weight is 257 g/mol. The molecule has 1 saturated heterocycles. The quantitative estimate of drug-likeness (QED) is 0.842. The zero-order valence-electron chi connectivity index (χ0n) is 11.7. The molecule has 2 unspecified atom stereocenters. The first-order valence-electron chi connectivity index (χ1n) is 7.22. The molecule has 1 heterocycles. The van der Waals surface area contributed by atoms with Gasteiger partial charge in [0.15, 0.2) is 0 Å². The largest absolute Gasteiger partial charge is 0.393 e. The van der Waals surface area contributed by atoms with Gasteiger partial charge in [-0.3, -0.25) is 4.90 Å². The second-order valence-corrected chi connectivity index (χ2v) is 5.37. The Morgan fingerprint density at radius 2 is 2.11 bits per heavy atom. The maximum Gasteiger partial charge on any atom is 0.0607 e. The third kappa shape index (κ3) is 4.70. The van der Waals surface area contributed by atoms with E-state index in [0.29, 0.717) is 6.04 Å². The molecule has 1 aromatic carbocycles. The molecule has 0 radical (unpaired) electrons. The minimum Gasteiger partial charge on any atom is -0.393 e. The van der Waals surface area contributed by atoms with Gasteiger partial charge < -0.3 is 5.11 Å². The third-order valence-corrected chi connectivity index (χ3v) is 3.65. The molecule has 0 aliphatic carbocycles. The summed E-state index contributed by atoms with van der Waals surface area (Å²) in [6.45, 7) is 3.80. The van der Waals surface area contributed by atoms with E-state index in [4.69, 9.17) is 0 Å². The number of aliphatic hydroxyl groups is 1. The van der Waals surface area contributed by atoms with Crippen LogP contribution in [0.25, 0.3) is 0 Å². The maximum atomic E-state index is 9.56. The molecule has 0 spiro atoms. The Labute approximate surface area is 116 Å². The molecule has 2 atom stereocenters. The van der Waals surface area contributed by atoms with Gasteiger partial charge in [0.25, 0.3) is 0 Å². The van der Waals surface area contributed by atoms with Crippen LogP contribution in [0.15, 0.2) is 30.3 Å². The van der Waals surface area contributed by atoms with E-state index < -0.39 is 0 Å². The molecule has 1 aromatic rings. The predicted octanol–water partition coefficient (Wildman–Crippen LogP) is 2.66. The van der Waals surface area contributed by atoms with Gasteiger partial charge >= 0.3 is 0 Å². The van der Waals surface area contributed by atoms with Gasteiger partial charge in [-0.2, -0.15) is 0 Å². The summed E-state index contributed by atoms with van der Waals surface area (Å²) < 4.78 is 0. The fourth-order valence-corrected chi connectivity index (χ4v) is 2.69. The molecule has 0 saturated carbocycles. The number of piperidine rings is 1. The lowest BCUT2D eigenvalue weighted by Gasteiger charge is -2.35. The molecule has 0 bridgehead atoms. The highest BCUT2D eigenvalue weighted by atomic mass is 16.3. The Hall–Kier alpha value is -1.30. The highest BCUT2D eigenvalue weighted by Gasteiger charge is 2.22. The summed E-state index contributed by atoms with van der Waals surface area (Å²) in [6, 6.07) is 10.6. The summed E-state index contributed by atoms with van der Waals surface area (Å²) in [6.07, 6.45) is 4.38. The van der Waals surface area contributed by atoms with Gasteiger partial charge in [0.05, 0.1) is 12.6 Å². The van der Waals surface area contributed by atoms with Crippen LogP contribution in [0.4, 0.5) is 0 Å². The zero-order valence-corrected chi connectivity index (χ0v) is 11.7. The first-order chi connectivity index (χ1) is 9.25. The lowest BCUT2D eigenvalue weighted by atomic mass is 9.97.